The first-order valence-corrected chi connectivity index (χ1v) is 16.7. The molecule has 0 saturated heterocycles. The molecule has 230 valence electrons. The van der Waals surface area contributed by atoms with Crippen LogP contribution >= 0.6 is 0 Å². The minimum atomic E-state index is -0.122. The zero-order chi connectivity index (χ0) is 32.6. The van der Waals surface area contributed by atoms with E-state index in [4.69, 9.17) is 15.0 Å². The summed E-state index contributed by atoms with van der Waals surface area (Å²) >= 11 is 0. The number of rotatable bonds is 4. The highest BCUT2D eigenvalue weighted by molar-refractivity contribution is 5.93. The highest BCUT2D eigenvalue weighted by Gasteiger charge is 2.38. The average Bonchev–Trinajstić information content (AvgIpc) is 3.52. The van der Waals surface area contributed by atoms with E-state index in [0.29, 0.717) is 17.5 Å². The second-order valence-electron chi connectivity index (χ2n) is 14.0. The molecule has 0 unspecified atom stereocenters. The quantitative estimate of drug-likeness (QED) is 0.197. The third-order valence-corrected chi connectivity index (χ3v) is 10.6. The fourth-order valence-electron chi connectivity index (χ4n) is 8.07. The van der Waals surface area contributed by atoms with E-state index in [2.05, 4.69) is 161 Å². The van der Waals surface area contributed by atoms with Crippen LogP contribution in [-0.4, -0.2) is 15.0 Å². The molecule has 0 spiro atoms. The Morgan fingerprint density at radius 1 is 0.312 bits per heavy atom. The Kier molecular flexibility index (Phi) is 6.20. The molecule has 6 aromatic carbocycles. The molecule has 7 aromatic rings. The summed E-state index contributed by atoms with van der Waals surface area (Å²) in [6.07, 6.45) is 0. The summed E-state index contributed by atoms with van der Waals surface area (Å²) in [5.41, 5.74) is 15.3. The van der Waals surface area contributed by atoms with Gasteiger partial charge in [-0.15, -0.1) is 0 Å². The maximum Gasteiger partial charge on any atom is 0.164 e. The summed E-state index contributed by atoms with van der Waals surface area (Å²) in [6.45, 7) is 9.25. The van der Waals surface area contributed by atoms with Gasteiger partial charge in [-0.25, -0.2) is 15.0 Å². The Morgan fingerprint density at radius 2 is 0.688 bits per heavy atom. The molecule has 1 heterocycles. The monoisotopic (exact) mass is 617 g/mol. The molecule has 9 rings (SSSR count). The molecule has 0 radical (unpaired) electrons. The lowest BCUT2D eigenvalue weighted by atomic mass is 9.82. The van der Waals surface area contributed by atoms with Crippen LogP contribution in [0.2, 0.25) is 0 Å². The molecule has 2 aliphatic rings. The molecule has 1 aromatic heterocycles. The van der Waals surface area contributed by atoms with Crippen molar-refractivity contribution in [1.29, 1.82) is 0 Å². The summed E-state index contributed by atoms with van der Waals surface area (Å²) in [4.78, 5) is 15.8. The Hall–Kier alpha value is -5.67. The van der Waals surface area contributed by atoms with Gasteiger partial charge < -0.3 is 0 Å². The number of aromatic nitrogens is 3. The van der Waals surface area contributed by atoms with Gasteiger partial charge >= 0.3 is 0 Å². The number of hydrogen-bond acceptors (Lipinski definition) is 3. The first kappa shape index (κ1) is 28.5. The Labute approximate surface area is 282 Å². The zero-order valence-corrected chi connectivity index (χ0v) is 27.6. The minimum Gasteiger partial charge on any atom is -0.208 e. The van der Waals surface area contributed by atoms with Gasteiger partial charge in [-0.3, -0.25) is 0 Å². The molecule has 48 heavy (non-hydrogen) atoms. The van der Waals surface area contributed by atoms with Gasteiger partial charge in [0.1, 0.15) is 0 Å². The fourth-order valence-corrected chi connectivity index (χ4v) is 8.07. The average molecular weight is 618 g/mol. The van der Waals surface area contributed by atoms with Crippen molar-refractivity contribution in [3.8, 4) is 67.5 Å². The van der Waals surface area contributed by atoms with Gasteiger partial charge in [-0.05, 0) is 55.6 Å². The maximum absolute atomic E-state index is 5.34. The zero-order valence-electron chi connectivity index (χ0n) is 27.6. The van der Waals surface area contributed by atoms with Crippen LogP contribution in [0.4, 0.5) is 0 Å². The second-order valence-corrected chi connectivity index (χ2v) is 14.0. The molecular weight excluding hydrogens is 583 g/mol. The van der Waals surface area contributed by atoms with Gasteiger partial charge in [0.25, 0.3) is 0 Å². The molecule has 0 saturated carbocycles. The highest BCUT2D eigenvalue weighted by atomic mass is 15.0. The van der Waals surface area contributed by atoms with Crippen LogP contribution in [0.5, 0.6) is 0 Å². The molecule has 0 bridgehead atoms. The van der Waals surface area contributed by atoms with E-state index in [0.717, 1.165) is 22.3 Å². The van der Waals surface area contributed by atoms with E-state index in [-0.39, 0.29) is 10.8 Å². The normalized spacial score (nSPS) is 14.6. The van der Waals surface area contributed by atoms with Crippen molar-refractivity contribution in [3.05, 3.63) is 162 Å². The largest absolute Gasteiger partial charge is 0.208 e. The van der Waals surface area contributed by atoms with Crippen LogP contribution in [0.3, 0.4) is 0 Å². The third kappa shape index (κ3) is 4.17. The summed E-state index contributed by atoms with van der Waals surface area (Å²) < 4.78 is 0. The van der Waals surface area contributed by atoms with Crippen LogP contribution < -0.4 is 0 Å². The highest BCUT2D eigenvalue weighted by Crippen LogP contribution is 2.53. The predicted molar refractivity (Wildman–Crippen MR) is 197 cm³/mol. The predicted octanol–water partition coefficient (Wildman–Crippen LogP) is 11.2. The number of nitrogens with zero attached hydrogens (tertiary/aromatic N) is 3. The SMILES string of the molecule is CC1(C)c2ccccc2-c2c(-c3nc(-c4ccc(-c5ccccc5)cc4)nc(-c4cccc5c4-c4ccccc4C5(C)C)n3)cccc21. The molecule has 0 fully saturated rings. The van der Waals surface area contributed by atoms with Crippen LogP contribution in [0.1, 0.15) is 49.9 Å². The van der Waals surface area contributed by atoms with Gasteiger partial charge in [-0.2, -0.15) is 0 Å². The molecule has 0 amide bonds. The van der Waals surface area contributed by atoms with Gasteiger partial charge in [-0.1, -0.05) is 167 Å². The van der Waals surface area contributed by atoms with E-state index in [1.165, 1.54) is 50.1 Å². The maximum atomic E-state index is 5.34. The van der Waals surface area contributed by atoms with Crippen LogP contribution in [-0.2, 0) is 10.8 Å². The van der Waals surface area contributed by atoms with E-state index in [1.807, 2.05) is 6.07 Å². The molecule has 3 nitrogen and oxygen atoms in total. The van der Waals surface area contributed by atoms with Gasteiger partial charge in [0.15, 0.2) is 17.5 Å². The van der Waals surface area contributed by atoms with Crippen LogP contribution in [0.15, 0.2) is 140 Å². The van der Waals surface area contributed by atoms with Gasteiger partial charge in [0, 0.05) is 27.5 Å². The van der Waals surface area contributed by atoms with Crippen LogP contribution in [0.25, 0.3) is 67.5 Å². The van der Waals surface area contributed by atoms with E-state index < -0.39 is 0 Å². The van der Waals surface area contributed by atoms with E-state index in [9.17, 15) is 0 Å². The smallest absolute Gasteiger partial charge is 0.164 e. The topological polar surface area (TPSA) is 38.7 Å². The fraction of sp³-hybridized carbons (Fsp3) is 0.133. The Bertz CT molecular complexity index is 2260. The Morgan fingerprint density at radius 3 is 1.21 bits per heavy atom. The molecule has 0 atom stereocenters. The van der Waals surface area contributed by atoms with Crippen molar-refractivity contribution in [2.75, 3.05) is 0 Å². The number of hydrogen-bond donors (Lipinski definition) is 0. The lowest BCUT2D eigenvalue weighted by Gasteiger charge is -2.21. The standard InChI is InChI=1S/C45H35N3/c1-44(2)35-20-10-8-16-31(35)39-33(18-12-22-37(39)44)42-46-41(30-26-24-29(25-27-30)28-14-6-5-7-15-28)47-43(48-42)34-19-13-23-38-40(34)32-17-9-11-21-36(32)45(38,3)4/h5-27H,1-4H3. The number of benzene rings is 6. The number of fused-ring (bicyclic) bond motifs is 6. The lowest BCUT2D eigenvalue weighted by Crippen LogP contribution is -2.15. The Balaban J connectivity index is 1.29. The van der Waals surface area contributed by atoms with Crippen LogP contribution in [0, 0.1) is 0 Å². The van der Waals surface area contributed by atoms with Crippen molar-refractivity contribution >= 4 is 0 Å². The van der Waals surface area contributed by atoms with Crippen molar-refractivity contribution < 1.29 is 0 Å². The van der Waals surface area contributed by atoms with Crippen molar-refractivity contribution in [3.63, 3.8) is 0 Å². The molecule has 0 N–H and O–H groups in total. The minimum absolute atomic E-state index is 0.122. The van der Waals surface area contributed by atoms with E-state index >= 15 is 0 Å². The van der Waals surface area contributed by atoms with Crippen molar-refractivity contribution in [1.82, 2.24) is 15.0 Å². The summed E-state index contributed by atoms with van der Waals surface area (Å²) in [5, 5.41) is 0. The molecule has 0 aliphatic heterocycles. The van der Waals surface area contributed by atoms with Gasteiger partial charge in [0.2, 0.25) is 0 Å². The second kappa shape index (κ2) is 10.4. The van der Waals surface area contributed by atoms with Crippen molar-refractivity contribution in [2.24, 2.45) is 0 Å². The third-order valence-electron chi connectivity index (χ3n) is 10.6. The molecule has 2 aliphatic carbocycles. The summed E-state index contributed by atoms with van der Waals surface area (Å²) in [5.74, 6) is 2.05. The first-order chi connectivity index (χ1) is 23.3. The van der Waals surface area contributed by atoms with Gasteiger partial charge in [0.05, 0.1) is 0 Å². The summed E-state index contributed by atoms with van der Waals surface area (Å²) in [6, 6.07) is 49.7. The molecular formula is C45H35N3. The molecule has 3 heteroatoms. The van der Waals surface area contributed by atoms with E-state index in [1.54, 1.807) is 0 Å². The van der Waals surface area contributed by atoms with Crippen molar-refractivity contribution in [2.45, 2.75) is 38.5 Å². The first-order valence-electron chi connectivity index (χ1n) is 16.7. The lowest BCUT2D eigenvalue weighted by molar-refractivity contribution is 0.660. The summed E-state index contributed by atoms with van der Waals surface area (Å²) in [7, 11) is 0.